The van der Waals surface area contributed by atoms with Crippen molar-refractivity contribution in [1.29, 1.82) is 0 Å². The fourth-order valence-corrected chi connectivity index (χ4v) is 2.42. The minimum absolute atomic E-state index is 0.741. The van der Waals surface area contributed by atoms with Crippen LogP contribution >= 0.6 is 0 Å². The lowest BCUT2D eigenvalue weighted by Crippen LogP contribution is -1.98. The van der Waals surface area contributed by atoms with Gasteiger partial charge < -0.3 is 15.3 Å². The summed E-state index contributed by atoms with van der Waals surface area (Å²) in [5.41, 5.74) is 2.99. The molecule has 0 amide bonds. The molecule has 0 saturated heterocycles. The number of aromatic amines is 2. The van der Waals surface area contributed by atoms with E-state index in [-0.39, 0.29) is 0 Å². The number of hydrogen-bond acceptors (Lipinski definition) is 3. The first-order valence-corrected chi connectivity index (χ1v) is 6.45. The van der Waals surface area contributed by atoms with Gasteiger partial charge in [-0.05, 0) is 37.3 Å². The average Bonchev–Trinajstić information content (AvgIpc) is 3.05. The second kappa shape index (κ2) is 4.09. The Morgan fingerprint density at radius 1 is 1.00 bits per heavy atom. The van der Waals surface area contributed by atoms with Gasteiger partial charge in [-0.15, -0.1) is 0 Å². The normalized spacial score (nSPS) is 11.2. The minimum Gasteiger partial charge on any atom is -0.361 e. The highest BCUT2D eigenvalue weighted by atomic mass is 15.1. The smallest absolute Gasteiger partial charge is 0.143 e. The lowest BCUT2D eigenvalue weighted by molar-refractivity contribution is 1.08. The Morgan fingerprint density at radius 3 is 2.85 bits per heavy atom. The van der Waals surface area contributed by atoms with Gasteiger partial charge in [-0.25, -0.2) is 9.97 Å². The van der Waals surface area contributed by atoms with Crippen molar-refractivity contribution < 1.29 is 0 Å². The predicted octanol–water partition coefficient (Wildman–Crippen LogP) is 3.49. The lowest BCUT2D eigenvalue weighted by atomic mass is 10.2. The Balaban J connectivity index is 1.81. The second-order valence-electron chi connectivity index (χ2n) is 4.76. The zero-order valence-electron chi connectivity index (χ0n) is 10.9. The minimum atomic E-state index is 0.741. The molecule has 0 bridgehead atoms. The van der Waals surface area contributed by atoms with Crippen LogP contribution in [0, 0.1) is 6.92 Å². The number of nitrogens with one attached hydrogen (secondary N) is 3. The molecule has 0 spiro atoms. The molecule has 5 nitrogen and oxygen atoms in total. The summed E-state index contributed by atoms with van der Waals surface area (Å²) in [4.78, 5) is 15.2. The standard InChI is InChI=1S/C15H13N5/c1-9-18-14-12(5-7-17-14)15(19-9)20-11-2-3-13-10(8-11)4-6-16-13/h2-8,16H,1H3,(H2,17,18,19,20). The van der Waals surface area contributed by atoms with Crippen molar-refractivity contribution in [2.45, 2.75) is 6.92 Å². The summed E-state index contributed by atoms with van der Waals surface area (Å²) in [5.74, 6) is 1.56. The van der Waals surface area contributed by atoms with Gasteiger partial charge in [-0.1, -0.05) is 0 Å². The number of fused-ring (bicyclic) bond motifs is 2. The topological polar surface area (TPSA) is 69.4 Å². The Bertz CT molecular complexity index is 903. The van der Waals surface area contributed by atoms with Crippen LogP contribution in [0.25, 0.3) is 21.9 Å². The third-order valence-electron chi connectivity index (χ3n) is 3.34. The summed E-state index contributed by atoms with van der Waals surface area (Å²) in [7, 11) is 0. The van der Waals surface area contributed by atoms with Gasteiger partial charge in [0.25, 0.3) is 0 Å². The van der Waals surface area contributed by atoms with Gasteiger partial charge in [0.2, 0.25) is 0 Å². The van der Waals surface area contributed by atoms with Crippen LogP contribution in [-0.2, 0) is 0 Å². The van der Waals surface area contributed by atoms with E-state index >= 15 is 0 Å². The van der Waals surface area contributed by atoms with Crippen LogP contribution in [0.5, 0.6) is 0 Å². The van der Waals surface area contributed by atoms with Crippen LogP contribution in [0.3, 0.4) is 0 Å². The van der Waals surface area contributed by atoms with E-state index in [0.29, 0.717) is 0 Å². The Hall–Kier alpha value is -2.82. The molecule has 0 fully saturated rings. The molecule has 0 radical (unpaired) electrons. The summed E-state index contributed by atoms with van der Waals surface area (Å²) >= 11 is 0. The van der Waals surface area contributed by atoms with E-state index in [1.54, 1.807) is 0 Å². The molecule has 98 valence electrons. The van der Waals surface area contributed by atoms with E-state index in [0.717, 1.165) is 33.9 Å². The number of rotatable bonds is 2. The summed E-state index contributed by atoms with van der Waals surface area (Å²) in [6.45, 7) is 1.89. The van der Waals surface area contributed by atoms with E-state index in [4.69, 9.17) is 0 Å². The number of aryl methyl sites for hydroxylation is 1. The van der Waals surface area contributed by atoms with E-state index in [1.165, 1.54) is 5.39 Å². The number of hydrogen-bond donors (Lipinski definition) is 3. The van der Waals surface area contributed by atoms with E-state index in [9.17, 15) is 0 Å². The maximum atomic E-state index is 4.49. The van der Waals surface area contributed by atoms with Crippen LogP contribution < -0.4 is 5.32 Å². The van der Waals surface area contributed by atoms with Gasteiger partial charge in [0.05, 0.1) is 5.39 Å². The highest BCUT2D eigenvalue weighted by molar-refractivity contribution is 5.90. The zero-order chi connectivity index (χ0) is 13.5. The molecule has 4 aromatic rings. The van der Waals surface area contributed by atoms with E-state index < -0.39 is 0 Å². The molecular weight excluding hydrogens is 250 g/mol. The molecule has 0 unspecified atom stereocenters. The SMILES string of the molecule is Cc1nc(Nc2ccc3[nH]ccc3c2)c2cc[nH]c2n1. The summed E-state index contributed by atoms with van der Waals surface area (Å²) in [5, 5.41) is 5.53. The number of benzene rings is 1. The summed E-state index contributed by atoms with van der Waals surface area (Å²) in [6.07, 6.45) is 3.81. The molecule has 1 aromatic carbocycles. The van der Waals surface area contributed by atoms with Gasteiger partial charge in [0.1, 0.15) is 17.3 Å². The van der Waals surface area contributed by atoms with Gasteiger partial charge in [0, 0.05) is 29.0 Å². The fraction of sp³-hybridized carbons (Fsp3) is 0.0667. The summed E-state index contributed by atoms with van der Waals surface area (Å²) in [6, 6.07) is 10.2. The van der Waals surface area contributed by atoms with Crippen molar-refractivity contribution in [3.05, 3.63) is 48.5 Å². The first-order chi connectivity index (χ1) is 9.79. The molecule has 3 heterocycles. The number of anilines is 2. The van der Waals surface area contributed by atoms with Crippen molar-refractivity contribution in [3.63, 3.8) is 0 Å². The van der Waals surface area contributed by atoms with E-state index in [1.807, 2.05) is 31.5 Å². The molecular formula is C15H13N5. The Morgan fingerprint density at radius 2 is 1.90 bits per heavy atom. The summed E-state index contributed by atoms with van der Waals surface area (Å²) < 4.78 is 0. The second-order valence-corrected chi connectivity index (χ2v) is 4.76. The number of aromatic nitrogens is 4. The average molecular weight is 263 g/mol. The van der Waals surface area contributed by atoms with Crippen molar-refractivity contribution in [2.75, 3.05) is 5.32 Å². The fourth-order valence-electron chi connectivity index (χ4n) is 2.42. The van der Waals surface area contributed by atoms with Crippen molar-refractivity contribution >= 4 is 33.4 Å². The maximum absolute atomic E-state index is 4.49. The Labute approximate surface area is 115 Å². The van der Waals surface area contributed by atoms with Crippen LogP contribution in [0.4, 0.5) is 11.5 Å². The first-order valence-electron chi connectivity index (χ1n) is 6.45. The quantitative estimate of drug-likeness (QED) is 0.518. The predicted molar refractivity (Wildman–Crippen MR) is 80.2 cm³/mol. The number of H-pyrrole nitrogens is 2. The molecule has 0 aliphatic heterocycles. The highest BCUT2D eigenvalue weighted by Gasteiger charge is 2.07. The Kier molecular flexibility index (Phi) is 2.26. The van der Waals surface area contributed by atoms with Gasteiger partial charge in [-0.3, -0.25) is 0 Å². The van der Waals surface area contributed by atoms with Crippen LogP contribution in [0.1, 0.15) is 5.82 Å². The van der Waals surface area contributed by atoms with E-state index in [2.05, 4.69) is 43.5 Å². The third kappa shape index (κ3) is 1.72. The van der Waals surface area contributed by atoms with Gasteiger partial charge >= 0.3 is 0 Å². The molecule has 20 heavy (non-hydrogen) atoms. The van der Waals surface area contributed by atoms with Crippen molar-refractivity contribution in [2.24, 2.45) is 0 Å². The van der Waals surface area contributed by atoms with Crippen LogP contribution in [0.15, 0.2) is 42.7 Å². The van der Waals surface area contributed by atoms with Gasteiger partial charge in [0.15, 0.2) is 0 Å². The third-order valence-corrected chi connectivity index (χ3v) is 3.34. The molecule has 3 aromatic heterocycles. The molecule has 4 rings (SSSR count). The van der Waals surface area contributed by atoms with Crippen LogP contribution in [0.2, 0.25) is 0 Å². The largest absolute Gasteiger partial charge is 0.361 e. The van der Waals surface area contributed by atoms with Crippen molar-refractivity contribution in [1.82, 2.24) is 19.9 Å². The molecule has 0 saturated carbocycles. The molecule has 0 aliphatic carbocycles. The number of nitrogens with zero attached hydrogens (tertiary/aromatic N) is 2. The highest BCUT2D eigenvalue weighted by Crippen LogP contribution is 2.25. The zero-order valence-corrected chi connectivity index (χ0v) is 10.9. The lowest BCUT2D eigenvalue weighted by Gasteiger charge is -2.07. The van der Waals surface area contributed by atoms with Crippen molar-refractivity contribution in [3.8, 4) is 0 Å². The molecule has 0 atom stereocenters. The monoisotopic (exact) mass is 263 g/mol. The first kappa shape index (κ1) is 11.0. The molecule has 0 aliphatic rings. The molecule has 5 heteroatoms. The molecule has 3 N–H and O–H groups in total. The van der Waals surface area contributed by atoms with Crippen LogP contribution in [-0.4, -0.2) is 19.9 Å². The maximum Gasteiger partial charge on any atom is 0.143 e. The van der Waals surface area contributed by atoms with Gasteiger partial charge in [-0.2, -0.15) is 0 Å².